The Morgan fingerprint density at radius 2 is 1.70 bits per heavy atom. The van der Waals surface area contributed by atoms with Crippen molar-refractivity contribution >= 4 is 46.5 Å². The van der Waals surface area contributed by atoms with Crippen LogP contribution in [0.5, 0.6) is 5.75 Å². The van der Waals surface area contributed by atoms with E-state index >= 15 is 0 Å². The lowest BCUT2D eigenvalue weighted by atomic mass is 9.85. The molecule has 320 valence electrons. The molecule has 5 atom stereocenters. The molecular weight excluding hydrogens is 787 g/mol. The number of carbonyl (C=O) groups is 4. The maximum atomic E-state index is 14.5. The van der Waals surface area contributed by atoms with E-state index in [1.54, 1.807) is 29.5 Å². The molecule has 0 aliphatic carbocycles. The third kappa shape index (κ3) is 10.6. The Balaban J connectivity index is 1.09. The first kappa shape index (κ1) is 44.1. The highest BCUT2D eigenvalue weighted by Gasteiger charge is 2.46. The Kier molecular flexibility index (Phi) is 13.8. The number of thiazole rings is 1. The number of rotatable bonds is 13. The molecule has 2 aliphatic heterocycles. The lowest BCUT2D eigenvalue weighted by Crippen LogP contribution is -2.59. The SMILES string of the molecule is CC(=O)Oc1ccccc1-c1cc(N2CCN(CC(=O)N[C@H](C(=O)N3C[C@H](OC(C)O)C[C@H]3C(=O)N[C@@H](C)c3ccc(-c4scnc4C)cc3)C(C)(C)C)CC2)c(N)nn1. The summed E-state index contributed by atoms with van der Waals surface area (Å²) < 4.78 is 11.1. The standard InChI is InChI=1S/C43H55N9O7S/c1-25(29-12-14-30(15-13-29)38-26(2)45-24-60-38)46-41(56)35-20-31(58-27(3)53)22-52(35)42(57)39(43(5,6)7)47-37(55)23-50-16-18-51(19-17-50)34-21-33(48-49-40(34)44)32-10-8-9-11-36(32)59-28(4)54/h8-15,21,24-25,27,31,35,39,53H,16-20,22-23H2,1-7H3,(H2,44,49)(H,46,56)(H,47,55)/t25-,27?,31+,35-,39+/m0/s1. The van der Waals surface area contributed by atoms with Gasteiger partial charge in [0.1, 0.15) is 17.8 Å². The number of hydrogen-bond acceptors (Lipinski definition) is 14. The van der Waals surface area contributed by atoms with Crippen molar-refractivity contribution in [2.45, 2.75) is 85.4 Å². The predicted molar refractivity (Wildman–Crippen MR) is 229 cm³/mol. The third-order valence-electron chi connectivity index (χ3n) is 10.7. The molecule has 5 N–H and O–H groups in total. The molecule has 60 heavy (non-hydrogen) atoms. The maximum Gasteiger partial charge on any atom is 0.308 e. The number of aliphatic hydroxyl groups is 1. The number of aryl methyl sites for hydroxylation is 1. The van der Waals surface area contributed by atoms with Crippen LogP contribution in [0, 0.1) is 12.3 Å². The maximum absolute atomic E-state index is 14.5. The van der Waals surface area contributed by atoms with Gasteiger partial charge >= 0.3 is 5.97 Å². The zero-order chi connectivity index (χ0) is 43.3. The van der Waals surface area contributed by atoms with Gasteiger partial charge in [-0.05, 0) is 55.5 Å². The third-order valence-corrected chi connectivity index (χ3v) is 11.7. The monoisotopic (exact) mass is 841 g/mol. The molecule has 6 rings (SSSR count). The van der Waals surface area contributed by atoms with Gasteiger partial charge in [0.05, 0.1) is 46.2 Å². The molecule has 16 nitrogen and oxygen atoms in total. The molecule has 4 aromatic rings. The number of hydrogen-bond donors (Lipinski definition) is 4. The van der Waals surface area contributed by atoms with E-state index in [9.17, 15) is 24.3 Å². The Labute approximate surface area is 354 Å². The van der Waals surface area contributed by atoms with Crippen LogP contribution in [0.2, 0.25) is 0 Å². The van der Waals surface area contributed by atoms with Crippen molar-refractivity contribution < 1.29 is 33.8 Å². The van der Waals surface area contributed by atoms with Gasteiger partial charge in [0.25, 0.3) is 0 Å². The molecule has 17 heteroatoms. The molecule has 1 unspecified atom stereocenters. The fraction of sp³-hybridized carbons (Fsp3) is 0.465. The first-order valence-electron chi connectivity index (χ1n) is 20.1. The van der Waals surface area contributed by atoms with Gasteiger partial charge in [-0.1, -0.05) is 57.2 Å². The van der Waals surface area contributed by atoms with Gasteiger partial charge in [-0.15, -0.1) is 21.5 Å². The molecule has 2 fully saturated rings. The van der Waals surface area contributed by atoms with Crippen LogP contribution in [-0.4, -0.2) is 118 Å². The van der Waals surface area contributed by atoms with Crippen LogP contribution in [0.1, 0.15) is 65.3 Å². The molecule has 0 radical (unpaired) electrons. The molecule has 0 saturated carbocycles. The van der Waals surface area contributed by atoms with E-state index in [0.717, 1.165) is 21.7 Å². The lowest BCUT2D eigenvalue weighted by Gasteiger charge is -2.38. The second kappa shape index (κ2) is 18.8. The Morgan fingerprint density at radius 1 is 1.00 bits per heavy atom. The van der Waals surface area contributed by atoms with Crippen LogP contribution >= 0.6 is 11.3 Å². The molecule has 4 heterocycles. The second-order valence-corrected chi connectivity index (χ2v) is 17.3. The van der Waals surface area contributed by atoms with E-state index in [1.807, 2.05) is 81.4 Å². The number of nitrogen functional groups attached to an aromatic ring is 1. The number of likely N-dealkylation sites (tertiary alicyclic amines) is 1. The van der Waals surface area contributed by atoms with Crippen LogP contribution in [-0.2, 0) is 23.9 Å². The summed E-state index contributed by atoms with van der Waals surface area (Å²) in [5.41, 5.74) is 12.1. The average Bonchev–Trinajstić information content (AvgIpc) is 3.83. The van der Waals surface area contributed by atoms with E-state index in [-0.39, 0.29) is 43.2 Å². The summed E-state index contributed by atoms with van der Waals surface area (Å²) in [6, 6.07) is 14.6. The summed E-state index contributed by atoms with van der Waals surface area (Å²) in [5, 5.41) is 24.6. The highest BCUT2D eigenvalue weighted by molar-refractivity contribution is 7.13. The van der Waals surface area contributed by atoms with E-state index < -0.39 is 41.8 Å². The topological polar surface area (TPSA) is 205 Å². The van der Waals surface area contributed by atoms with Gasteiger partial charge in [0, 0.05) is 51.6 Å². The number of aliphatic hydroxyl groups excluding tert-OH is 1. The Bertz CT molecular complexity index is 2170. The molecule has 3 amide bonds. The summed E-state index contributed by atoms with van der Waals surface area (Å²) in [5.74, 6) is -0.908. The van der Waals surface area contributed by atoms with E-state index in [1.165, 1.54) is 18.7 Å². The number of benzene rings is 2. The quantitative estimate of drug-likeness (QED) is 0.0857. The number of piperazine rings is 1. The average molecular weight is 842 g/mol. The summed E-state index contributed by atoms with van der Waals surface area (Å²) >= 11 is 1.57. The van der Waals surface area contributed by atoms with Gasteiger partial charge < -0.3 is 40.7 Å². The highest BCUT2D eigenvalue weighted by atomic mass is 32.1. The largest absolute Gasteiger partial charge is 0.426 e. The zero-order valence-corrected chi connectivity index (χ0v) is 36.0. The van der Waals surface area contributed by atoms with Gasteiger partial charge in [0.15, 0.2) is 12.1 Å². The first-order chi connectivity index (χ1) is 28.5. The number of amides is 3. The van der Waals surface area contributed by atoms with E-state index in [0.29, 0.717) is 48.9 Å². The van der Waals surface area contributed by atoms with Crippen molar-refractivity contribution in [2.24, 2.45) is 5.41 Å². The first-order valence-corrected chi connectivity index (χ1v) is 21.0. The number of nitrogens with two attached hydrogens (primary N) is 1. The fourth-order valence-corrected chi connectivity index (χ4v) is 8.44. The molecule has 0 bridgehead atoms. The number of esters is 1. The van der Waals surface area contributed by atoms with Crippen molar-refractivity contribution in [2.75, 3.05) is 49.9 Å². The van der Waals surface area contributed by atoms with Gasteiger partial charge in [-0.3, -0.25) is 24.1 Å². The zero-order valence-electron chi connectivity index (χ0n) is 35.2. The lowest BCUT2D eigenvalue weighted by molar-refractivity contribution is -0.145. The van der Waals surface area contributed by atoms with Crippen LogP contribution < -0.4 is 26.0 Å². The number of aromatic nitrogens is 3. The van der Waals surface area contributed by atoms with Crippen LogP contribution in [0.3, 0.4) is 0 Å². The molecule has 2 aliphatic rings. The Morgan fingerprint density at radius 3 is 2.33 bits per heavy atom. The van der Waals surface area contributed by atoms with Crippen molar-refractivity contribution in [1.29, 1.82) is 0 Å². The smallest absolute Gasteiger partial charge is 0.308 e. The Hall–Kier alpha value is -5.49. The number of anilines is 2. The summed E-state index contributed by atoms with van der Waals surface area (Å²) in [4.78, 5) is 64.8. The van der Waals surface area contributed by atoms with E-state index in [4.69, 9.17) is 15.2 Å². The number of nitrogens with one attached hydrogen (secondary N) is 2. The van der Waals surface area contributed by atoms with Crippen LogP contribution in [0.4, 0.5) is 11.5 Å². The highest BCUT2D eigenvalue weighted by Crippen LogP contribution is 2.34. The van der Waals surface area contributed by atoms with E-state index in [2.05, 4.69) is 30.7 Å². The molecule has 0 spiro atoms. The van der Waals surface area contributed by atoms with Gasteiger partial charge in [-0.2, -0.15) is 0 Å². The second-order valence-electron chi connectivity index (χ2n) is 16.4. The van der Waals surface area contributed by atoms with Crippen molar-refractivity contribution in [3.05, 3.63) is 71.4 Å². The van der Waals surface area contributed by atoms with Gasteiger partial charge in [0.2, 0.25) is 17.7 Å². The minimum absolute atomic E-state index is 0.0509. The van der Waals surface area contributed by atoms with Gasteiger partial charge in [-0.25, -0.2) is 4.98 Å². The molecule has 2 saturated heterocycles. The van der Waals surface area contributed by atoms with Crippen molar-refractivity contribution in [1.82, 2.24) is 35.6 Å². The van der Waals surface area contributed by atoms with Crippen LogP contribution in [0.25, 0.3) is 21.7 Å². The number of ether oxygens (including phenoxy) is 2. The number of carbonyl (C=O) groups excluding carboxylic acids is 4. The minimum Gasteiger partial charge on any atom is -0.426 e. The minimum atomic E-state index is -1.09. The number of para-hydroxylation sites is 1. The summed E-state index contributed by atoms with van der Waals surface area (Å²) in [7, 11) is 0. The molecule has 2 aromatic carbocycles. The summed E-state index contributed by atoms with van der Waals surface area (Å²) in [6.07, 6.45) is -1.49. The number of nitrogens with zero attached hydrogens (tertiary/aromatic N) is 6. The molecule has 2 aromatic heterocycles. The molecular formula is C43H55N9O7S. The predicted octanol–water partition coefficient (Wildman–Crippen LogP) is 3.94. The van der Waals surface area contributed by atoms with Crippen LogP contribution in [0.15, 0.2) is 60.1 Å². The fourth-order valence-electron chi connectivity index (χ4n) is 7.63. The normalized spacial score (nSPS) is 18.7. The van der Waals surface area contributed by atoms with Crippen molar-refractivity contribution in [3.8, 4) is 27.4 Å². The van der Waals surface area contributed by atoms with Crippen molar-refractivity contribution in [3.63, 3.8) is 0 Å². The summed E-state index contributed by atoms with van der Waals surface area (Å²) in [6.45, 7) is 14.6.